The van der Waals surface area contributed by atoms with Crippen LogP contribution in [-0.2, 0) is 0 Å². The van der Waals surface area contributed by atoms with Crippen molar-refractivity contribution >= 4 is 0 Å². The first-order chi connectivity index (χ1) is 5.37. The lowest BCUT2D eigenvalue weighted by molar-refractivity contribution is 0.299. The Morgan fingerprint density at radius 1 is 0.615 bits per heavy atom. The SMILES string of the molecule is CC(C)(N)[C](C(C)(C)N)C(C)(C)N. The molecule has 0 bridgehead atoms. The highest BCUT2D eigenvalue weighted by Crippen LogP contribution is 2.34. The van der Waals surface area contributed by atoms with Crippen LogP contribution in [0.1, 0.15) is 41.5 Å². The normalized spacial score (nSPS) is 15.2. The highest BCUT2D eigenvalue weighted by molar-refractivity contribution is 5.27. The Hall–Kier alpha value is -0.120. The van der Waals surface area contributed by atoms with Crippen molar-refractivity contribution in [2.75, 3.05) is 0 Å². The summed E-state index contributed by atoms with van der Waals surface area (Å²) in [5, 5.41) is 0. The fourth-order valence-electron chi connectivity index (χ4n) is 2.49. The molecule has 0 heterocycles. The zero-order valence-corrected chi connectivity index (χ0v) is 9.73. The lowest BCUT2D eigenvalue weighted by atomic mass is 9.66. The fraction of sp³-hybridized carbons (Fsp3) is 0.900. The Morgan fingerprint density at radius 3 is 0.769 bits per heavy atom. The molecule has 0 aliphatic rings. The van der Waals surface area contributed by atoms with Gasteiger partial charge in [-0.1, -0.05) is 0 Å². The predicted molar refractivity (Wildman–Crippen MR) is 58.0 cm³/mol. The van der Waals surface area contributed by atoms with E-state index in [1.54, 1.807) is 0 Å². The van der Waals surface area contributed by atoms with Crippen molar-refractivity contribution in [3.63, 3.8) is 0 Å². The maximum atomic E-state index is 6.05. The van der Waals surface area contributed by atoms with Gasteiger partial charge >= 0.3 is 0 Å². The van der Waals surface area contributed by atoms with Gasteiger partial charge in [0.2, 0.25) is 0 Å². The van der Waals surface area contributed by atoms with Crippen molar-refractivity contribution in [1.82, 2.24) is 0 Å². The van der Waals surface area contributed by atoms with Crippen LogP contribution in [0.15, 0.2) is 0 Å². The molecule has 0 aromatic rings. The van der Waals surface area contributed by atoms with Gasteiger partial charge in [0.25, 0.3) is 0 Å². The molecule has 0 spiro atoms. The van der Waals surface area contributed by atoms with E-state index < -0.39 is 16.6 Å². The van der Waals surface area contributed by atoms with Gasteiger partial charge in [-0.3, -0.25) is 0 Å². The highest BCUT2D eigenvalue weighted by atomic mass is 14.9. The third-order valence-electron chi connectivity index (χ3n) is 1.93. The van der Waals surface area contributed by atoms with E-state index in [2.05, 4.69) is 0 Å². The molecule has 0 saturated heterocycles. The van der Waals surface area contributed by atoms with E-state index in [9.17, 15) is 0 Å². The minimum atomic E-state index is -0.448. The van der Waals surface area contributed by atoms with E-state index in [1.807, 2.05) is 41.5 Å². The number of nitrogens with two attached hydrogens (primary N) is 3. The van der Waals surface area contributed by atoms with E-state index in [4.69, 9.17) is 17.2 Å². The van der Waals surface area contributed by atoms with Crippen molar-refractivity contribution < 1.29 is 0 Å². The van der Waals surface area contributed by atoms with E-state index in [0.717, 1.165) is 5.92 Å². The molecule has 0 aliphatic heterocycles. The van der Waals surface area contributed by atoms with Crippen LogP contribution in [0.3, 0.4) is 0 Å². The third kappa shape index (κ3) is 3.63. The van der Waals surface area contributed by atoms with Crippen LogP contribution in [-0.4, -0.2) is 16.6 Å². The number of rotatable bonds is 3. The van der Waals surface area contributed by atoms with Gasteiger partial charge in [0, 0.05) is 22.5 Å². The van der Waals surface area contributed by atoms with Gasteiger partial charge in [-0.2, -0.15) is 0 Å². The lowest BCUT2D eigenvalue weighted by Gasteiger charge is -2.47. The Labute approximate surface area is 82.0 Å². The Bertz CT molecular complexity index is 133. The topological polar surface area (TPSA) is 78.1 Å². The summed E-state index contributed by atoms with van der Waals surface area (Å²) in [6.45, 7) is 11.6. The van der Waals surface area contributed by atoms with Crippen LogP contribution in [0.5, 0.6) is 0 Å². The van der Waals surface area contributed by atoms with Gasteiger partial charge in [-0.05, 0) is 41.5 Å². The molecule has 0 saturated carbocycles. The Balaban J connectivity index is 5.02. The van der Waals surface area contributed by atoms with Gasteiger partial charge in [0.15, 0.2) is 0 Å². The molecule has 6 N–H and O–H groups in total. The third-order valence-corrected chi connectivity index (χ3v) is 1.93. The fourth-order valence-corrected chi connectivity index (χ4v) is 2.49. The molecule has 0 aromatic heterocycles. The van der Waals surface area contributed by atoms with Crippen LogP contribution >= 0.6 is 0 Å². The smallest absolute Gasteiger partial charge is 0.0334 e. The summed E-state index contributed by atoms with van der Waals surface area (Å²) < 4.78 is 0. The van der Waals surface area contributed by atoms with Crippen LogP contribution < -0.4 is 17.2 Å². The zero-order valence-electron chi connectivity index (χ0n) is 9.73. The summed E-state index contributed by atoms with van der Waals surface area (Å²) >= 11 is 0. The number of hydrogen-bond donors (Lipinski definition) is 3. The van der Waals surface area contributed by atoms with Crippen LogP contribution in [0, 0.1) is 5.92 Å². The van der Waals surface area contributed by atoms with Gasteiger partial charge in [-0.25, -0.2) is 0 Å². The van der Waals surface area contributed by atoms with Crippen LogP contribution in [0.2, 0.25) is 0 Å². The van der Waals surface area contributed by atoms with Crippen molar-refractivity contribution in [1.29, 1.82) is 0 Å². The van der Waals surface area contributed by atoms with Crippen molar-refractivity contribution in [2.24, 2.45) is 17.2 Å². The minimum absolute atomic E-state index is 0.448. The van der Waals surface area contributed by atoms with Crippen molar-refractivity contribution in [2.45, 2.75) is 58.2 Å². The average Bonchev–Trinajstić information content (AvgIpc) is 1.44. The maximum absolute atomic E-state index is 6.05. The standard InChI is InChI=1S/C10H24N3/c1-8(2,11)7(9(3,4)12)10(5,6)13/h11-13H2,1-6H3. The molecule has 0 atom stereocenters. The molecule has 0 rings (SSSR count). The van der Waals surface area contributed by atoms with E-state index in [-0.39, 0.29) is 0 Å². The first-order valence-corrected chi connectivity index (χ1v) is 4.62. The molecule has 0 aromatic carbocycles. The number of hydrogen-bond acceptors (Lipinski definition) is 3. The molecule has 0 aliphatic carbocycles. The predicted octanol–water partition coefficient (Wildman–Crippen LogP) is 0.773. The first kappa shape index (κ1) is 12.9. The second kappa shape index (κ2) is 3.23. The van der Waals surface area contributed by atoms with Gasteiger partial charge in [-0.15, -0.1) is 0 Å². The van der Waals surface area contributed by atoms with E-state index >= 15 is 0 Å². The van der Waals surface area contributed by atoms with Crippen molar-refractivity contribution in [3.8, 4) is 0 Å². The molecule has 13 heavy (non-hydrogen) atoms. The van der Waals surface area contributed by atoms with Crippen LogP contribution in [0.4, 0.5) is 0 Å². The van der Waals surface area contributed by atoms with Crippen molar-refractivity contribution in [3.05, 3.63) is 5.92 Å². The summed E-state index contributed by atoms with van der Waals surface area (Å²) in [5.41, 5.74) is 16.8. The highest BCUT2D eigenvalue weighted by Gasteiger charge is 2.44. The van der Waals surface area contributed by atoms with E-state index in [0.29, 0.717) is 0 Å². The summed E-state index contributed by atoms with van der Waals surface area (Å²) in [6.07, 6.45) is 0. The molecule has 0 unspecified atom stereocenters. The minimum Gasteiger partial charge on any atom is -0.325 e. The molecule has 1 radical (unpaired) electrons. The monoisotopic (exact) mass is 186 g/mol. The molecule has 0 fully saturated rings. The maximum Gasteiger partial charge on any atom is 0.0334 e. The van der Waals surface area contributed by atoms with Gasteiger partial charge in [0.1, 0.15) is 0 Å². The Kier molecular flexibility index (Phi) is 3.20. The van der Waals surface area contributed by atoms with Gasteiger partial charge in [0.05, 0.1) is 0 Å². The summed E-state index contributed by atoms with van der Waals surface area (Å²) in [7, 11) is 0. The second-order valence-corrected chi connectivity index (χ2v) is 5.54. The molecule has 0 amide bonds. The second-order valence-electron chi connectivity index (χ2n) is 5.54. The van der Waals surface area contributed by atoms with E-state index in [1.165, 1.54) is 0 Å². The molecule has 3 heteroatoms. The van der Waals surface area contributed by atoms with Crippen LogP contribution in [0.25, 0.3) is 0 Å². The Morgan fingerprint density at radius 2 is 0.769 bits per heavy atom. The lowest BCUT2D eigenvalue weighted by Crippen LogP contribution is -2.64. The molecule has 3 nitrogen and oxygen atoms in total. The largest absolute Gasteiger partial charge is 0.325 e. The molecular formula is C10H24N3. The zero-order chi connectivity index (χ0) is 11.1. The summed E-state index contributed by atoms with van der Waals surface area (Å²) in [4.78, 5) is 0. The average molecular weight is 186 g/mol. The molecule has 79 valence electrons. The molecular weight excluding hydrogens is 162 g/mol. The van der Waals surface area contributed by atoms with Gasteiger partial charge < -0.3 is 17.2 Å². The summed E-state index contributed by atoms with van der Waals surface area (Å²) in [6, 6.07) is 0. The first-order valence-electron chi connectivity index (χ1n) is 4.62. The summed E-state index contributed by atoms with van der Waals surface area (Å²) in [5.74, 6) is 0.979. The quantitative estimate of drug-likeness (QED) is 0.609.